The molecule has 0 aliphatic carbocycles. The Kier molecular flexibility index (Phi) is 5.53. The fourth-order valence-electron chi connectivity index (χ4n) is 2.05. The van der Waals surface area contributed by atoms with Crippen molar-refractivity contribution in [2.24, 2.45) is 0 Å². The topological polar surface area (TPSA) is 32.3 Å². The van der Waals surface area contributed by atoms with Crippen LogP contribution in [0.1, 0.15) is 11.1 Å². The summed E-state index contributed by atoms with van der Waals surface area (Å²) in [6.07, 6.45) is 0.684. The summed E-state index contributed by atoms with van der Waals surface area (Å²) < 4.78 is 13.6. The quantitative estimate of drug-likeness (QED) is 0.857. The number of aliphatic hydroxyl groups is 1. The maximum atomic E-state index is 13.6. The van der Waals surface area contributed by atoms with E-state index in [-0.39, 0.29) is 18.5 Å². The normalized spacial score (nSPS) is 12.3. The highest BCUT2D eigenvalue weighted by molar-refractivity contribution is 6.31. The van der Waals surface area contributed by atoms with E-state index in [2.05, 4.69) is 5.32 Å². The van der Waals surface area contributed by atoms with Crippen LogP contribution in [0.2, 0.25) is 5.02 Å². The largest absolute Gasteiger partial charge is 0.395 e. The zero-order valence-electron chi connectivity index (χ0n) is 11.0. The summed E-state index contributed by atoms with van der Waals surface area (Å²) >= 11 is 5.97. The molecular formula is C16H17ClFNO. The molecule has 1 unspecified atom stereocenters. The van der Waals surface area contributed by atoms with E-state index >= 15 is 0 Å². The molecular weight excluding hydrogens is 277 g/mol. The van der Waals surface area contributed by atoms with Gasteiger partial charge in [-0.3, -0.25) is 0 Å². The number of hydrogen-bond donors (Lipinski definition) is 2. The predicted molar refractivity (Wildman–Crippen MR) is 79.3 cm³/mol. The smallest absolute Gasteiger partial charge is 0.129 e. The third kappa shape index (κ3) is 4.04. The van der Waals surface area contributed by atoms with Gasteiger partial charge in [-0.2, -0.15) is 0 Å². The number of aliphatic hydroxyl groups excluding tert-OH is 1. The van der Waals surface area contributed by atoms with Gasteiger partial charge < -0.3 is 10.4 Å². The van der Waals surface area contributed by atoms with E-state index in [0.717, 1.165) is 5.56 Å². The van der Waals surface area contributed by atoms with E-state index in [9.17, 15) is 9.50 Å². The van der Waals surface area contributed by atoms with Gasteiger partial charge in [0, 0.05) is 23.2 Å². The second kappa shape index (κ2) is 7.39. The Morgan fingerprint density at radius 3 is 2.50 bits per heavy atom. The van der Waals surface area contributed by atoms with Crippen LogP contribution in [-0.4, -0.2) is 17.8 Å². The van der Waals surface area contributed by atoms with E-state index in [0.29, 0.717) is 23.6 Å². The van der Waals surface area contributed by atoms with Crippen LogP contribution in [-0.2, 0) is 13.0 Å². The molecule has 0 aromatic heterocycles. The Morgan fingerprint density at radius 2 is 1.85 bits per heavy atom. The average molecular weight is 294 g/mol. The van der Waals surface area contributed by atoms with Gasteiger partial charge in [-0.15, -0.1) is 0 Å². The molecule has 0 aliphatic heterocycles. The molecule has 0 bridgehead atoms. The molecule has 2 rings (SSSR count). The van der Waals surface area contributed by atoms with E-state index < -0.39 is 0 Å². The summed E-state index contributed by atoms with van der Waals surface area (Å²) in [7, 11) is 0. The van der Waals surface area contributed by atoms with Gasteiger partial charge in [0.15, 0.2) is 0 Å². The molecule has 20 heavy (non-hydrogen) atoms. The van der Waals surface area contributed by atoms with E-state index in [1.807, 2.05) is 30.3 Å². The molecule has 0 aliphatic rings. The Hall–Kier alpha value is -1.42. The second-order valence-corrected chi connectivity index (χ2v) is 5.06. The van der Waals surface area contributed by atoms with Crippen molar-refractivity contribution in [3.8, 4) is 0 Å². The highest BCUT2D eigenvalue weighted by atomic mass is 35.5. The molecule has 0 spiro atoms. The number of benzene rings is 2. The Labute approximate surface area is 123 Å². The summed E-state index contributed by atoms with van der Waals surface area (Å²) in [6, 6.07) is 14.4. The first-order valence-electron chi connectivity index (χ1n) is 6.51. The van der Waals surface area contributed by atoms with Crippen molar-refractivity contribution in [2.45, 2.75) is 19.0 Å². The average Bonchev–Trinajstić information content (AvgIpc) is 2.46. The third-order valence-corrected chi connectivity index (χ3v) is 3.53. The first kappa shape index (κ1) is 15.0. The zero-order chi connectivity index (χ0) is 14.4. The van der Waals surface area contributed by atoms with Gasteiger partial charge in [0.1, 0.15) is 5.82 Å². The number of nitrogens with one attached hydrogen (secondary N) is 1. The summed E-state index contributed by atoms with van der Waals surface area (Å²) in [4.78, 5) is 0. The van der Waals surface area contributed by atoms with Crippen molar-refractivity contribution in [1.29, 1.82) is 0 Å². The van der Waals surface area contributed by atoms with E-state index in [4.69, 9.17) is 11.6 Å². The van der Waals surface area contributed by atoms with Gasteiger partial charge in [-0.25, -0.2) is 4.39 Å². The maximum absolute atomic E-state index is 13.6. The Balaban J connectivity index is 1.97. The van der Waals surface area contributed by atoms with Crippen molar-refractivity contribution in [3.05, 3.63) is 70.5 Å². The summed E-state index contributed by atoms with van der Waals surface area (Å²) in [6.45, 7) is 0.282. The first-order valence-corrected chi connectivity index (χ1v) is 6.89. The van der Waals surface area contributed by atoms with Gasteiger partial charge in [0.25, 0.3) is 0 Å². The molecule has 0 saturated carbocycles. The van der Waals surface area contributed by atoms with E-state index in [1.165, 1.54) is 6.07 Å². The van der Waals surface area contributed by atoms with Crippen molar-refractivity contribution < 1.29 is 9.50 Å². The first-order chi connectivity index (χ1) is 9.70. The molecule has 1 atom stereocenters. The van der Waals surface area contributed by atoms with Crippen LogP contribution in [0, 0.1) is 5.82 Å². The number of rotatable bonds is 6. The fraction of sp³-hybridized carbons (Fsp3) is 0.250. The molecule has 106 valence electrons. The molecule has 0 fully saturated rings. The summed E-state index contributed by atoms with van der Waals surface area (Å²) in [5.41, 5.74) is 1.55. The predicted octanol–water partition coefficient (Wildman–Crippen LogP) is 3.17. The molecule has 0 saturated heterocycles. The van der Waals surface area contributed by atoms with E-state index in [1.54, 1.807) is 12.1 Å². The second-order valence-electron chi connectivity index (χ2n) is 4.65. The minimum absolute atomic E-state index is 0.0129. The number of hydrogen-bond acceptors (Lipinski definition) is 2. The van der Waals surface area contributed by atoms with Crippen LogP contribution in [0.3, 0.4) is 0 Å². The lowest BCUT2D eigenvalue weighted by atomic mass is 10.1. The zero-order valence-corrected chi connectivity index (χ0v) is 11.8. The summed E-state index contributed by atoms with van der Waals surface area (Å²) in [5.74, 6) is -0.332. The minimum atomic E-state index is -0.332. The summed E-state index contributed by atoms with van der Waals surface area (Å²) in [5, 5.41) is 13.0. The Bertz CT molecular complexity index is 527. The fourth-order valence-corrected chi connectivity index (χ4v) is 2.28. The molecule has 2 N–H and O–H groups in total. The SMILES string of the molecule is OCC(Cc1ccccc1)NCc1c(F)cccc1Cl. The molecule has 0 radical (unpaired) electrons. The highest BCUT2D eigenvalue weighted by Gasteiger charge is 2.11. The number of halogens is 2. The van der Waals surface area contributed by atoms with Gasteiger partial charge in [-0.1, -0.05) is 48.0 Å². The van der Waals surface area contributed by atoms with Gasteiger partial charge in [0.2, 0.25) is 0 Å². The third-order valence-electron chi connectivity index (χ3n) is 3.17. The van der Waals surface area contributed by atoms with Crippen molar-refractivity contribution in [1.82, 2.24) is 5.32 Å². The van der Waals surface area contributed by atoms with Gasteiger partial charge >= 0.3 is 0 Å². The molecule has 2 nitrogen and oxygen atoms in total. The van der Waals surface area contributed by atoms with Gasteiger partial charge in [0.05, 0.1) is 6.61 Å². The maximum Gasteiger partial charge on any atom is 0.129 e. The van der Waals surface area contributed by atoms with Crippen LogP contribution < -0.4 is 5.32 Å². The van der Waals surface area contributed by atoms with Crippen molar-refractivity contribution in [2.75, 3.05) is 6.61 Å². The molecule has 0 heterocycles. The molecule has 2 aromatic carbocycles. The lowest BCUT2D eigenvalue weighted by Gasteiger charge is -2.17. The van der Waals surface area contributed by atoms with Crippen LogP contribution in [0.25, 0.3) is 0 Å². The molecule has 4 heteroatoms. The molecule has 0 amide bonds. The molecule has 2 aromatic rings. The van der Waals surface area contributed by atoms with Gasteiger partial charge in [-0.05, 0) is 24.1 Å². The lowest BCUT2D eigenvalue weighted by molar-refractivity contribution is 0.240. The van der Waals surface area contributed by atoms with Crippen molar-refractivity contribution >= 4 is 11.6 Å². The van der Waals surface area contributed by atoms with Crippen LogP contribution in [0.4, 0.5) is 4.39 Å². The monoisotopic (exact) mass is 293 g/mol. The van der Waals surface area contributed by atoms with Crippen LogP contribution in [0.5, 0.6) is 0 Å². The van der Waals surface area contributed by atoms with Crippen LogP contribution in [0.15, 0.2) is 48.5 Å². The minimum Gasteiger partial charge on any atom is -0.395 e. The highest BCUT2D eigenvalue weighted by Crippen LogP contribution is 2.18. The van der Waals surface area contributed by atoms with Crippen molar-refractivity contribution in [3.63, 3.8) is 0 Å². The Morgan fingerprint density at radius 1 is 1.10 bits per heavy atom. The standard InChI is InChI=1S/C16H17ClFNO/c17-15-7-4-8-16(18)14(15)10-19-13(11-20)9-12-5-2-1-3-6-12/h1-8,13,19-20H,9-11H2. The lowest BCUT2D eigenvalue weighted by Crippen LogP contribution is -2.34. The van der Waals surface area contributed by atoms with Crippen LogP contribution >= 0.6 is 11.6 Å².